The Balaban J connectivity index is 3.20. The predicted octanol–water partition coefficient (Wildman–Crippen LogP) is 0.600. The van der Waals surface area contributed by atoms with Crippen LogP contribution < -0.4 is 0 Å². The van der Waals surface area contributed by atoms with Gasteiger partial charge < -0.3 is 4.57 Å². The minimum atomic E-state index is 0.465. The fraction of sp³-hybridized carbons (Fsp3) is 0.333. The molecule has 0 bridgehead atoms. The van der Waals surface area contributed by atoms with Gasteiger partial charge in [-0.25, -0.2) is 4.98 Å². The molecule has 1 heterocycles. The quantitative estimate of drug-likeness (QED) is 0.504. The zero-order chi connectivity index (χ0) is 6.85. The third kappa shape index (κ3) is 0.918. The number of aromatic nitrogens is 2. The molecule has 9 heavy (non-hydrogen) atoms. The number of nitrogens with zero attached hydrogens (tertiary/aromatic N) is 3. The van der Waals surface area contributed by atoms with Gasteiger partial charge in [-0.2, -0.15) is 5.26 Å². The smallest absolute Gasteiger partial charge is 0.212 e. The van der Waals surface area contributed by atoms with Gasteiger partial charge in [-0.3, -0.25) is 0 Å². The van der Waals surface area contributed by atoms with Crippen LogP contribution in [-0.2, 0) is 7.05 Å². The summed E-state index contributed by atoms with van der Waals surface area (Å²) in [6.45, 7) is 1.86. The third-order valence-electron chi connectivity index (χ3n) is 1.10. The number of hydrogen-bond donors (Lipinski definition) is 0. The molecule has 46 valence electrons. The summed E-state index contributed by atoms with van der Waals surface area (Å²) < 4.78 is 1.70. The average molecular weight is 121 g/mol. The Hall–Kier alpha value is -1.30. The summed E-state index contributed by atoms with van der Waals surface area (Å²) in [6, 6.07) is 1.97. The van der Waals surface area contributed by atoms with Crippen LogP contribution in [0.25, 0.3) is 0 Å². The van der Waals surface area contributed by atoms with Crippen molar-refractivity contribution < 1.29 is 0 Å². The van der Waals surface area contributed by atoms with Crippen LogP contribution in [-0.4, -0.2) is 9.55 Å². The molecule has 0 unspecified atom stereocenters. The van der Waals surface area contributed by atoms with Gasteiger partial charge in [-0.1, -0.05) is 0 Å². The van der Waals surface area contributed by atoms with Crippen molar-refractivity contribution in [1.82, 2.24) is 9.55 Å². The summed E-state index contributed by atoms with van der Waals surface area (Å²) in [6.07, 6.45) is 1.82. The van der Waals surface area contributed by atoms with Crippen LogP contribution in [0.1, 0.15) is 11.5 Å². The molecular formula is C6H7N3. The lowest BCUT2D eigenvalue weighted by atomic mass is 10.6. The normalized spacial score (nSPS) is 9.00. The molecule has 0 N–H and O–H groups in total. The number of hydrogen-bond acceptors (Lipinski definition) is 2. The predicted molar refractivity (Wildman–Crippen MR) is 32.7 cm³/mol. The fourth-order valence-corrected chi connectivity index (χ4v) is 0.720. The van der Waals surface area contributed by atoms with Crippen molar-refractivity contribution in [2.45, 2.75) is 6.92 Å². The van der Waals surface area contributed by atoms with Crippen LogP contribution in [0.5, 0.6) is 0 Å². The molecule has 0 radical (unpaired) electrons. The Kier molecular flexibility index (Phi) is 1.23. The topological polar surface area (TPSA) is 41.6 Å². The van der Waals surface area contributed by atoms with E-state index in [2.05, 4.69) is 4.98 Å². The minimum Gasteiger partial charge on any atom is -0.325 e. The highest BCUT2D eigenvalue weighted by Gasteiger charge is 1.97. The highest BCUT2D eigenvalue weighted by atomic mass is 15.0. The average Bonchev–Trinajstić information content (AvgIpc) is 2.10. The molecule has 0 fully saturated rings. The van der Waals surface area contributed by atoms with E-state index in [9.17, 15) is 0 Å². The summed E-state index contributed by atoms with van der Waals surface area (Å²) in [5, 5.41) is 8.40. The second-order valence-electron chi connectivity index (χ2n) is 1.93. The van der Waals surface area contributed by atoms with Gasteiger partial charge in [-0.05, 0) is 6.92 Å². The third-order valence-corrected chi connectivity index (χ3v) is 1.10. The molecule has 0 amide bonds. The molecule has 0 saturated heterocycles. The van der Waals surface area contributed by atoms with Crippen LogP contribution in [0, 0.1) is 18.3 Å². The van der Waals surface area contributed by atoms with E-state index in [1.165, 1.54) is 0 Å². The maximum absolute atomic E-state index is 8.40. The first-order chi connectivity index (χ1) is 4.24. The van der Waals surface area contributed by atoms with Gasteiger partial charge in [0.15, 0.2) is 0 Å². The van der Waals surface area contributed by atoms with E-state index in [1.54, 1.807) is 11.6 Å². The van der Waals surface area contributed by atoms with Crippen LogP contribution >= 0.6 is 0 Å². The SMILES string of the molecule is Cc1cn(C)c(C#N)n1. The summed E-state index contributed by atoms with van der Waals surface area (Å²) in [7, 11) is 1.80. The molecular weight excluding hydrogens is 114 g/mol. The van der Waals surface area contributed by atoms with E-state index in [4.69, 9.17) is 5.26 Å². The van der Waals surface area contributed by atoms with E-state index in [0.717, 1.165) is 5.69 Å². The molecule has 0 atom stereocenters. The largest absolute Gasteiger partial charge is 0.325 e. The highest BCUT2D eigenvalue weighted by Crippen LogP contribution is 1.96. The Morgan fingerprint density at radius 2 is 2.44 bits per heavy atom. The second-order valence-corrected chi connectivity index (χ2v) is 1.93. The Bertz CT molecular complexity index is 254. The van der Waals surface area contributed by atoms with Gasteiger partial charge in [0.25, 0.3) is 0 Å². The zero-order valence-corrected chi connectivity index (χ0v) is 5.42. The molecule has 0 saturated carbocycles. The van der Waals surface area contributed by atoms with Crippen LogP contribution in [0.15, 0.2) is 6.20 Å². The van der Waals surface area contributed by atoms with Gasteiger partial charge in [0, 0.05) is 13.2 Å². The Morgan fingerprint density at radius 1 is 1.78 bits per heavy atom. The van der Waals surface area contributed by atoms with Gasteiger partial charge in [0.2, 0.25) is 5.82 Å². The van der Waals surface area contributed by atoms with Gasteiger partial charge in [0.05, 0.1) is 5.69 Å². The standard InChI is InChI=1S/C6H7N3/c1-5-4-9(2)6(3-7)8-5/h4H,1-2H3. The maximum atomic E-state index is 8.40. The molecule has 0 aromatic carbocycles. The van der Waals surface area contributed by atoms with Gasteiger partial charge in [0.1, 0.15) is 6.07 Å². The molecule has 3 heteroatoms. The summed E-state index contributed by atoms with van der Waals surface area (Å²) >= 11 is 0. The lowest BCUT2D eigenvalue weighted by molar-refractivity contribution is 0.889. The summed E-state index contributed by atoms with van der Waals surface area (Å²) in [5.41, 5.74) is 0.883. The van der Waals surface area contributed by atoms with Crippen molar-refractivity contribution in [3.63, 3.8) is 0 Å². The van der Waals surface area contributed by atoms with E-state index in [0.29, 0.717) is 5.82 Å². The minimum absolute atomic E-state index is 0.465. The van der Waals surface area contributed by atoms with E-state index >= 15 is 0 Å². The molecule has 1 aromatic rings. The van der Waals surface area contributed by atoms with Crippen molar-refractivity contribution in [3.05, 3.63) is 17.7 Å². The Morgan fingerprint density at radius 3 is 2.67 bits per heavy atom. The first-order valence-electron chi connectivity index (χ1n) is 2.64. The van der Waals surface area contributed by atoms with E-state index < -0.39 is 0 Å². The van der Waals surface area contributed by atoms with Crippen molar-refractivity contribution in [3.8, 4) is 6.07 Å². The van der Waals surface area contributed by atoms with Gasteiger partial charge >= 0.3 is 0 Å². The zero-order valence-electron chi connectivity index (χ0n) is 5.42. The van der Waals surface area contributed by atoms with Crippen molar-refractivity contribution in [1.29, 1.82) is 5.26 Å². The first kappa shape index (κ1) is 5.83. The number of aryl methyl sites for hydroxylation is 2. The lowest BCUT2D eigenvalue weighted by Crippen LogP contribution is -1.88. The Labute approximate surface area is 53.6 Å². The van der Waals surface area contributed by atoms with Gasteiger partial charge in [-0.15, -0.1) is 0 Å². The van der Waals surface area contributed by atoms with Crippen LogP contribution in [0.2, 0.25) is 0 Å². The summed E-state index contributed by atoms with van der Waals surface area (Å²) in [4.78, 5) is 3.93. The first-order valence-corrected chi connectivity index (χ1v) is 2.64. The molecule has 0 aliphatic carbocycles. The van der Waals surface area contributed by atoms with Crippen molar-refractivity contribution in [2.24, 2.45) is 7.05 Å². The highest BCUT2D eigenvalue weighted by molar-refractivity contribution is 5.14. The lowest BCUT2D eigenvalue weighted by Gasteiger charge is -1.84. The summed E-state index contributed by atoms with van der Waals surface area (Å²) in [5.74, 6) is 0.465. The van der Waals surface area contributed by atoms with E-state index in [-0.39, 0.29) is 0 Å². The molecule has 0 aliphatic heterocycles. The maximum Gasteiger partial charge on any atom is 0.212 e. The fourth-order valence-electron chi connectivity index (χ4n) is 0.720. The number of nitriles is 1. The molecule has 1 rings (SSSR count). The monoisotopic (exact) mass is 121 g/mol. The van der Waals surface area contributed by atoms with E-state index in [1.807, 2.05) is 19.2 Å². The molecule has 0 aliphatic rings. The number of rotatable bonds is 0. The number of imidazole rings is 1. The van der Waals surface area contributed by atoms with Crippen molar-refractivity contribution in [2.75, 3.05) is 0 Å². The second kappa shape index (κ2) is 1.90. The van der Waals surface area contributed by atoms with Crippen molar-refractivity contribution >= 4 is 0 Å². The molecule has 1 aromatic heterocycles. The molecule has 3 nitrogen and oxygen atoms in total. The molecule has 0 spiro atoms. The van der Waals surface area contributed by atoms with Crippen LogP contribution in [0.4, 0.5) is 0 Å². The van der Waals surface area contributed by atoms with Crippen LogP contribution in [0.3, 0.4) is 0 Å².